The third-order valence-electron chi connectivity index (χ3n) is 14.0. The van der Waals surface area contributed by atoms with Crippen molar-refractivity contribution in [2.45, 2.75) is 167 Å². The molecule has 12 atom stereocenters. The number of hydrogen-bond donors (Lipinski definition) is 4. The second kappa shape index (κ2) is 30.1. The van der Waals surface area contributed by atoms with Gasteiger partial charge in [-0.25, -0.2) is 4.79 Å². The van der Waals surface area contributed by atoms with E-state index in [0.29, 0.717) is 50.9 Å². The van der Waals surface area contributed by atoms with Crippen LogP contribution in [-0.4, -0.2) is 163 Å². The molecule has 2 aliphatic rings. The zero-order chi connectivity index (χ0) is 52.2. The maximum Gasteiger partial charge on any atom is 0.410 e. The van der Waals surface area contributed by atoms with Crippen LogP contribution in [-0.2, 0) is 42.9 Å². The number of carbonyl (C=O) groups is 6. The Hall–Kier alpha value is -4.10. The predicted octanol–water partition coefficient (Wildman–Crippen LogP) is 5.77. The van der Waals surface area contributed by atoms with Gasteiger partial charge in [-0.2, -0.15) is 0 Å². The molecule has 17 nitrogen and oxygen atoms in total. The van der Waals surface area contributed by atoms with Gasteiger partial charge in [0, 0.05) is 41.4 Å². The van der Waals surface area contributed by atoms with Gasteiger partial charge in [0.05, 0.1) is 66.8 Å². The molecule has 1 aromatic carbocycles. The highest BCUT2D eigenvalue weighted by molar-refractivity contribution is 9.09. The number of rotatable bonds is 26. The first kappa shape index (κ1) is 60.2. The van der Waals surface area contributed by atoms with E-state index in [2.05, 4.69) is 31.9 Å². The summed E-state index contributed by atoms with van der Waals surface area (Å²) in [5.41, 5.74) is 0.690. The third kappa shape index (κ3) is 17.3. The van der Waals surface area contributed by atoms with Crippen LogP contribution < -0.4 is 16.0 Å². The van der Waals surface area contributed by atoms with Gasteiger partial charge in [0.15, 0.2) is 0 Å². The van der Waals surface area contributed by atoms with Crippen LogP contribution in [0.2, 0.25) is 0 Å². The van der Waals surface area contributed by atoms with Crippen LogP contribution in [0.5, 0.6) is 0 Å². The Balaban J connectivity index is 1.70. The standard InChI is InChI=1S/C52H85BrN6O11/c1-13-34(6)46(41(67-11)30-43(61)59-28-19-26-40(59)48(68-12)35(7)49(63)55-36(8)47(62)37-20-15-14-16-21-37)57(9)51(65)44(32(2)3)56-50(64)45(33(4)5)58(10)52(66)70-39-24-17-22-38(23-18-25-39)69-29-27-54-42(60)31-53/h14-17,20-21,24,32-36,38-41,44-48,62H,13,18-19,22-23,25-31H2,1-12H3,(H,54,60)(H,55,63)(H,56,64)/b24-17+/t34-,35+,36+,38?,39?,40-,41+,44-,45-,46-,47+,48+/m0/s1. The highest BCUT2D eigenvalue weighted by atomic mass is 79.9. The van der Waals surface area contributed by atoms with Crippen LogP contribution in [0.25, 0.3) is 0 Å². The molecule has 1 saturated heterocycles. The monoisotopic (exact) mass is 1050 g/mol. The molecule has 0 aromatic heterocycles. The largest absolute Gasteiger partial charge is 0.442 e. The third-order valence-corrected chi connectivity index (χ3v) is 14.5. The average molecular weight is 1050 g/mol. The van der Waals surface area contributed by atoms with Gasteiger partial charge < -0.3 is 49.8 Å². The highest BCUT2D eigenvalue weighted by Gasteiger charge is 2.44. The number of methoxy groups -OCH3 is 2. The molecular formula is C52H85BrN6O11. The maximum atomic E-state index is 14.7. The minimum Gasteiger partial charge on any atom is -0.442 e. The Morgan fingerprint density at radius 2 is 1.56 bits per heavy atom. The van der Waals surface area contributed by atoms with E-state index in [1.165, 1.54) is 26.2 Å². The van der Waals surface area contributed by atoms with Gasteiger partial charge in [-0.3, -0.25) is 28.9 Å². The van der Waals surface area contributed by atoms with Crippen molar-refractivity contribution >= 4 is 51.6 Å². The quantitative estimate of drug-likeness (QED) is 0.0498. The van der Waals surface area contributed by atoms with E-state index < -0.39 is 72.5 Å². The van der Waals surface area contributed by atoms with E-state index in [9.17, 15) is 33.9 Å². The molecule has 1 fully saturated rings. The number of likely N-dealkylation sites (N-methyl/N-ethyl adjacent to an activating group) is 2. The molecule has 0 bridgehead atoms. The predicted molar refractivity (Wildman–Crippen MR) is 273 cm³/mol. The Kier molecular flexibility index (Phi) is 25.8. The lowest BCUT2D eigenvalue weighted by Gasteiger charge is -2.41. The number of aliphatic hydroxyl groups is 1. The molecule has 70 heavy (non-hydrogen) atoms. The molecule has 1 heterocycles. The number of benzene rings is 1. The van der Waals surface area contributed by atoms with Crippen molar-refractivity contribution in [3.8, 4) is 0 Å². The van der Waals surface area contributed by atoms with Gasteiger partial charge in [-0.05, 0) is 74.8 Å². The van der Waals surface area contributed by atoms with Crippen LogP contribution in [0.15, 0.2) is 42.5 Å². The van der Waals surface area contributed by atoms with E-state index in [1.807, 2.05) is 71.9 Å². The van der Waals surface area contributed by atoms with E-state index in [0.717, 1.165) is 19.3 Å². The number of hydrogen-bond acceptors (Lipinski definition) is 11. The normalized spacial score (nSPS) is 21.7. The zero-order valence-electron chi connectivity index (χ0n) is 43.9. The number of carbonyl (C=O) groups excluding carboxylic acids is 6. The number of nitrogens with one attached hydrogen (secondary N) is 3. The Bertz CT molecular complexity index is 1840. The molecule has 0 spiro atoms. The van der Waals surface area contributed by atoms with Crippen LogP contribution in [0.3, 0.4) is 0 Å². The van der Waals surface area contributed by atoms with Crippen LogP contribution in [0.1, 0.15) is 118 Å². The Morgan fingerprint density at radius 3 is 2.16 bits per heavy atom. The molecule has 0 saturated carbocycles. The number of alkyl halides is 1. The molecule has 1 aliphatic heterocycles. The number of likely N-dealkylation sites (tertiary alicyclic amines) is 1. The molecule has 0 radical (unpaired) electrons. The molecule has 3 rings (SSSR count). The summed E-state index contributed by atoms with van der Waals surface area (Å²) in [4.78, 5) is 86.7. The van der Waals surface area contributed by atoms with Crippen molar-refractivity contribution in [3.05, 3.63) is 48.0 Å². The van der Waals surface area contributed by atoms with Gasteiger partial charge in [-0.1, -0.05) is 107 Å². The smallest absolute Gasteiger partial charge is 0.410 e. The fraction of sp³-hybridized carbons (Fsp3) is 0.731. The number of ether oxygens (including phenoxy) is 4. The number of halogens is 1. The summed E-state index contributed by atoms with van der Waals surface area (Å²) in [5.74, 6) is -2.87. The minimum absolute atomic E-state index is 0.0176. The van der Waals surface area contributed by atoms with Gasteiger partial charge in [0.25, 0.3) is 0 Å². The SMILES string of the molecule is CC[C@H](C)[C@@H]([C@@H](CC(=O)N1CCC[C@H]1[C@H](OC)[C@@H](C)C(=O)N[C@H](C)[C@@H](O)c1ccccc1)OC)N(C)C(=O)[C@@H](NC(=O)[C@H](C(C)C)N(C)C(=O)OC1/C=C/CC(OCCNC(=O)CBr)CCC1)C(C)C. The topological polar surface area (TPSA) is 205 Å². The van der Waals surface area contributed by atoms with Gasteiger partial charge in [-0.15, -0.1) is 0 Å². The summed E-state index contributed by atoms with van der Waals surface area (Å²) in [7, 11) is 6.28. The van der Waals surface area contributed by atoms with Gasteiger partial charge in [0.1, 0.15) is 18.2 Å². The summed E-state index contributed by atoms with van der Waals surface area (Å²) in [6.07, 6.45) is 5.04. The fourth-order valence-corrected chi connectivity index (χ4v) is 9.96. The number of aliphatic hydroxyl groups excluding tert-OH is 1. The van der Waals surface area contributed by atoms with Crippen molar-refractivity contribution in [2.24, 2.45) is 23.7 Å². The van der Waals surface area contributed by atoms with Crippen LogP contribution in [0, 0.1) is 23.7 Å². The minimum atomic E-state index is -0.970. The molecule has 6 amide bonds. The second-order valence-electron chi connectivity index (χ2n) is 19.8. The Labute approximate surface area is 426 Å². The van der Waals surface area contributed by atoms with Crippen molar-refractivity contribution in [1.82, 2.24) is 30.7 Å². The van der Waals surface area contributed by atoms with E-state index >= 15 is 0 Å². The molecule has 4 N–H and O–H groups in total. The summed E-state index contributed by atoms with van der Waals surface area (Å²) < 4.78 is 23.9. The summed E-state index contributed by atoms with van der Waals surface area (Å²) in [6, 6.07) is 5.68. The zero-order valence-corrected chi connectivity index (χ0v) is 45.4. The first-order chi connectivity index (χ1) is 33.2. The average Bonchev–Trinajstić information content (AvgIpc) is 3.82. The molecule has 1 aromatic rings. The fourth-order valence-electron chi connectivity index (χ4n) is 9.76. The lowest BCUT2D eigenvalue weighted by molar-refractivity contribution is -0.148. The molecular weight excluding hydrogens is 965 g/mol. The van der Waals surface area contributed by atoms with Crippen molar-refractivity contribution in [1.29, 1.82) is 0 Å². The highest BCUT2D eigenvalue weighted by Crippen LogP contribution is 2.30. The first-order valence-electron chi connectivity index (χ1n) is 25.2. The van der Waals surface area contributed by atoms with Crippen molar-refractivity contribution < 1.29 is 52.8 Å². The van der Waals surface area contributed by atoms with Crippen LogP contribution in [0.4, 0.5) is 4.79 Å². The Morgan fingerprint density at radius 1 is 0.871 bits per heavy atom. The molecule has 2 unspecified atom stereocenters. The van der Waals surface area contributed by atoms with Crippen molar-refractivity contribution in [3.63, 3.8) is 0 Å². The van der Waals surface area contributed by atoms with E-state index in [4.69, 9.17) is 18.9 Å². The molecule has 18 heteroatoms. The summed E-state index contributed by atoms with van der Waals surface area (Å²) >= 11 is 3.13. The van der Waals surface area contributed by atoms with Gasteiger partial charge >= 0.3 is 6.09 Å². The lowest BCUT2D eigenvalue weighted by atomic mass is 9.89. The number of nitrogens with zero attached hydrogens (tertiary/aromatic N) is 3. The second-order valence-corrected chi connectivity index (χ2v) is 20.3. The summed E-state index contributed by atoms with van der Waals surface area (Å²) in [6.45, 7) is 16.2. The van der Waals surface area contributed by atoms with Gasteiger partial charge in [0.2, 0.25) is 29.5 Å². The first-order valence-corrected chi connectivity index (χ1v) is 26.3. The number of amides is 6. The van der Waals surface area contributed by atoms with E-state index in [-0.39, 0.29) is 59.2 Å². The maximum absolute atomic E-state index is 14.7. The van der Waals surface area contributed by atoms with Crippen molar-refractivity contribution in [2.75, 3.05) is 53.3 Å². The van der Waals surface area contributed by atoms with Crippen LogP contribution >= 0.6 is 15.9 Å². The molecule has 396 valence electrons. The van der Waals surface area contributed by atoms with E-state index in [1.54, 1.807) is 42.8 Å². The molecule has 1 aliphatic carbocycles. The lowest BCUT2D eigenvalue weighted by Crippen LogP contribution is -2.60. The summed E-state index contributed by atoms with van der Waals surface area (Å²) in [5, 5.41) is 19.9.